The molecule has 0 spiro atoms. The highest BCUT2D eigenvalue weighted by Gasteiger charge is 2.31. The lowest BCUT2D eigenvalue weighted by Crippen LogP contribution is -2.38. The van der Waals surface area contributed by atoms with Gasteiger partial charge in [-0.3, -0.25) is 14.3 Å². The summed E-state index contributed by atoms with van der Waals surface area (Å²) < 4.78 is 22.0. The van der Waals surface area contributed by atoms with Gasteiger partial charge in [-0.25, -0.2) is 9.18 Å². The monoisotopic (exact) mass is 514 g/mol. The van der Waals surface area contributed by atoms with Crippen LogP contribution >= 0.6 is 0 Å². The Morgan fingerprint density at radius 2 is 1.84 bits per heavy atom. The third-order valence-electron chi connectivity index (χ3n) is 6.20. The van der Waals surface area contributed by atoms with Crippen LogP contribution in [0.1, 0.15) is 32.0 Å². The fourth-order valence-electron chi connectivity index (χ4n) is 4.44. The summed E-state index contributed by atoms with van der Waals surface area (Å²) in [6.45, 7) is -0.493. The predicted octanol–water partition coefficient (Wildman–Crippen LogP) is 4.10. The molecule has 2 N–H and O–H groups in total. The molecule has 0 fully saturated rings. The molecule has 1 aliphatic rings. The standard InChI is InChI=1S/C28H23FN4O5/c1-32-26-20-10-3-5-12-23(20)38-16-21(26)25(31-32)27(35)33(14-18-7-2-4-11-22(18)29)15-24(34)30-19-9-6-8-17(13-19)28(36)37/h2-13H,14-16H2,1H3,(H,30,34)(H,36,37). The molecule has 0 aliphatic carbocycles. The van der Waals surface area contributed by atoms with Crippen LogP contribution in [0.15, 0.2) is 72.8 Å². The Kier molecular flexibility index (Phi) is 6.61. The number of anilines is 1. The van der Waals surface area contributed by atoms with E-state index >= 15 is 0 Å². The van der Waals surface area contributed by atoms with Crippen molar-refractivity contribution in [2.24, 2.45) is 7.05 Å². The van der Waals surface area contributed by atoms with Gasteiger partial charge in [-0.2, -0.15) is 5.10 Å². The molecule has 5 rings (SSSR count). The van der Waals surface area contributed by atoms with Crippen molar-refractivity contribution < 1.29 is 28.6 Å². The molecular weight excluding hydrogens is 491 g/mol. The van der Waals surface area contributed by atoms with E-state index in [4.69, 9.17) is 4.74 Å². The molecule has 0 saturated heterocycles. The van der Waals surface area contributed by atoms with E-state index in [1.54, 1.807) is 17.8 Å². The van der Waals surface area contributed by atoms with Gasteiger partial charge in [0.05, 0.1) is 11.3 Å². The number of aromatic carboxylic acids is 1. The fourth-order valence-corrected chi connectivity index (χ4v) is 4.44. The Bertz CT molecular complexity index is 1560. The maximum absolute atomic E-state index is 14.5. The smallest absolute Gasteiger partial charge is 0.335 e. The number of carboxylic acids is 1. The van der Waals surface area contributed by atoms with Gasteiger partial charge >= 0.3 is 5.97 Å². The first-order chi connectivity index (χ1) is 18.3. The van der Waals surface area contributed by atoms with E-state index in [9.17, 15) is 23.9 Å². The van der Waals surface area contributed by atoms with Crippen molar-refractivity contribution in [2.75, 3.05) is 11.9 Å². The maximum Gasteiger partial charge on any atom is 0.335 e. The second kappa shape index (κ2) is 10.2. The van der Waals surface area contributed by atoms with Crippen LogP contribution in [0.25, 0.3) is 11.3 Å². The molecule has 2 heterocycles. The second-order valence-corrected chi connectivity index (χ2v) is 8.77. The lowest BCUT2D eigenvalue weighted by Gasteiger charge is -2.23. The number of ether oxygens (including phenoxy) is 1. The average molecular weight is 515 g/mol. The van der Waals surface area contributed by atoms with Crippen LogP contribution in [0.2, 0.25) is 0 Å². The highest BCUT2D eigenvalue weighted by Crippen LogP contribution is 2.38. The summed E-state index contributed by atoms with van der Waals surface area (Å²) in [5.41, 5.74) is 2.69. The van der Waals surface area contributed by atoms with Gasteiger partial charge in [0.2, 0.25) is 5.91 Å². The highest BCUT2D eigenvalue weighted by molar-refractivity contribution is 6.00. The van der Waals surface area contributed by atoms with E-state index in [1.807, 2.05) is 24.3 Å². The predicted molar refractivity (Wildman–Crippen MR) is 136 cm³/mol. The Labute approximate surface area is 217 Å². The average Bonchev–Trinajstić information content (AvgIpc) is 3.26. The van der Waals surface area contributed by atoms with Gasteiger partial charge in [-0.1, -0.05) is 36.4 Å². The first-order valence-electron chi connectivity index (χ1n) is 11.8. The number of hydrogen-bond acceptors (Lipinski definition) is 5. The van der Waals surface area contributed by atoms with Crippen molar-refractivity contribution in [3.63, 3.8) is 0 Å². The number of amides is 2. The summed E-state index contributed by atoms with van der Waals surface area (Å²) in [6, 6.07) is 19.2. The number of carbonyl (C=O) groups is 3. The minimum absolute atomic E-state index is 0.00230. The van der Waals surface area contributed by atoms with Crippen molar-refractivity contribution in [2.45, 2.75) is 13.2 Å². The molecule has 0 bridgehead atoms. The normalized spacial score (nSPS) is 11.6. The molecule has 0 atom stereocenters. The molecule has 0 unspecified atom stereocenters. The minimum Gasteiger partial charge on any atom is -0.488 e. The zero-order valence-corrected chi connectivity index (χ0v) is 20.3. The molecule has 1 aliphatic heterocycles. The van der Waals surface area contributed by atoms with Gasteiger partial charge in [0.25, 0.3) is 5.91 Å². The van der Waals surface area contributed by atoms with Gasteiger partial charge in [-0.15, -0.1) is 0 Å². The molecular formula is C28H23FN4O5. The SMILES string of the molecule is Cn1nc(C(=O)N(CC(=O)Nc2cccc(C(=O)O)c2)Cc2ccccc2F)c2c1-c1ccccc1OC2. The van der Waals surface area contributed by atoms with Gasteiger partial charge in [0.15, 0.2) is 5.69 Å². The highest BCUT2D eigenvalue weighted by atomic mass is 19.1. The molecule has 4 aromatic rings. The summed E-state index contributed by atoms with van der Waals surface area (Å²) in [5, 5.41) is 16.3. The Morgan fingerprint density at radius 3 is 2.63 bits per heavy atom. The lowest BCUT2D eigenvalue weighted by atomic mass is 10.0. The third kappa shape index (κ3) is 4.83. The minimum atomic E-state index is -1.14. The number of fused-ring (bicyclic) bond motifs is 3. The molecule has 192 valence electrons. The number of carboxylic acid groups (broad SMARTS) is 1. The van der Waals surface area contributed by atoms with Crippen LogP contribution < -0.4 is 10.1 Å². The van der Waals surface area contributed by atoms with Crippen LogP contribution in [0.4, 0.5) is 10.1 Å². The first-order valence-corrected chi connectivity index (χ1v) is 11.8. The largest absolute Gasteiger partial charge is 0.488 e. The van der Waals surface area contributed by atoms with Gasteiger partial charge in [-0.05, 0) is 36.4 Å². The number of rotatable bonds is 7. The Balaban J connectivity index is 1.46. The van der Waals surface area contributed by atoms with Crippen molar-refractivity contribution in [3.05, 3.63) is 101 Å². The van der Waals surface area contributed by atoms with Crippen LogP contribution in [-0.4, -0.2) is 44.1 Å². The molecule has 1 aromatic heterocycles. The zero-order chi connectivity index (χ0) is 26.8. The van der Waals surface area contributed by atoms with Crippen molar-refractivity contribution in [1.29, 1.82) is 0 Å². The van der Waals surface area contributed by atoms with E-state index in [0.29, 0.717) is 11.3 Å². The lowest BCUT2D eigenvalue weighted by molar-refractivity contribution is -0.117. The fraction of sp³-hybridized carbons (Fsp3) is 0.143. The van der Waals surface area contributed by atoms with Gasteiger partial charge in [0, 0.05) is 36.0 Å². The van der Waals surface area contributed by atoms with Crippen LogP contribution in [-0.2, 0) is 25.0 Å². The van der Waals surface area contributed by atoms with Gasteiger partial charge < -0.3 is 20.1 Å². The number of benzene rings is 3. The zero-order valence-electron chi connectivity index (χ0n) is 20.3. The summed E-state index contributed by atoms with van der Waals surface area (Å²) in [6.07, 6.45) is 0. The molecule has 9 nitrogen and oxygen atoms in total. The third-order valence-corrected chi connectivity index (χ3v) is 6.20. The van der Waals surface area contributed by atoms with Crippen LogP contribution in [0.3, 0.4) is 0 Å². The molecule has 2 amide bonds. The number of nitrogens with one attached hydrogen (secondary N) is 1. The molecule has 10 heteroatoms. The molecule has 0 saturated carbocycles. The number of para-hydroxylation sites is 1. The number of hydrogen-bond donors (Lipinski definition) is 2. The number of aromatic nitrogens is 2. The van der Waals surface area contributed by atoms with E-state index in [-0.39, 0.29) is 35.7 Å². The van der Waals surface area contributed by atoms with E-state index in [1.165, 1.54) is 47.4 Å². The number of aryl methyl sites for hydroxylation is 1. The van der Waals surface area contributed by atoms with Gasteiger partial charge in [0.1, 0.15) is 24.7 Å². The number of halogens is 1. The van der Waals surface area contributed by atoms with E-state index < -0.39 is 30.1 Å². The van der Waals surface area contributed by atoms with E-state index in [2.05, 4.69) is 10.4 Å². The Hall–Kier alpha value is -4.99. The summed E-state index contributed by atoms with van der Waals surface area (Å²) >= 11 is 0. The van der Waals surface area contributed by atoms with E-state index in [0.717, 1.165) is 11.3 Å². The van der Waals surface area contributed by atoms with Crippen molar-refractivity contribution in [1.82, 2.24) is 14.7 Å². The number of carbonyl (C=O) groups excluding carboxylic acids is 2. The van der Waals surface area contributed by atoms with Crippen molar-refractivity contribution in [3.8, 4) is 17.0 Å². The number of nitrogens with zero attached hydrogens (tertiary/aromatic N) is 3. The quantitative estimate of drug-likeness (QED) is 0.384. The summed E-state index contributed by atoms with van der Waals surface area (Å²) in [5.74, 6) is -2.12. The van der Waals surface area contributed by atoms with Crippen molar-refractivity contribution >= 4 is 23.5 Å². The summed E-state index contributed by atoms with van der Waals surface area (Å²) in [4.78, 5) is 39.3. The first kappa shape index (κ1) is 24.7. The Morgan fingerprint density at radius 1 is 1.08 bits per heavy atom. The van der Waals surface area contributed by atoms with Crippen LogP contribution in [0, 0.1) is 5.82 Å². The second-order valence-electron chi connectivity index (χ2n) is 8.77. The molecule has 3 aromatic carbocycles. The molecule has 38 heavy (non-hydrogen) atoms. The molecule has 0 radical (unpaired) electrons. The summed E-state index contributed by atoms with van der Waals surface area (Å²) in [7, 11) is 1.72. The maximum atomic E-state index is 14.5. The van der Waals surface area contributed by atoms with Crippen LogP contribution in [0.5, 0.6) is 5.75 Å². The topological polar surface area (TPSA) is 114 Å².